The van der Waals surface area contributed by atoms with Gasteiger partial charge in [-0.25, -0.2) is 4.98 Å². The molecule has 0 unspecified atom stereocenters. The molecule has 0 N–H and O–H groups in total. The summed E-state index contributed by atoms with van der Waals surface area (Å²) in [6.07, 6.45) is 1.34. The van der Waals surface area contributed by atoms with Crippen molar-refractivity contribution in [2.75, 3.05) is 13.7 Å². The molecule has 4 rings (SSSR count). The third kappa shape index (κ3) is 5.51. The predicted molar refractivity (Wildman–Crippen MR) is 152 cm³/mol. The highest BCUT2D eigenvalue weighted by atomic mass is 79.9. The summed E-state index contributed by atoms with van der Waals surface area (Å²) < 4.78 is 12.3. The number of nitro groups is 1. The normalized spacial score (nSPS) is 11.2. The Morgan fingerprint density at radius 3 is 2.67 bits per heavy atom. The standard InChI is InChI=1S/C28H24BrN5O5/c1-16(2)20-14-21(17(3)11-25(20)38-4)27-32-23-8-6-5-7-19(23)28(35)33(27)31-15-18-12-22(29)26(39-10-9-30)24(13-18)34(36)37/h5-8,11-16H,10H2,1-4H3. The molecular weight excluding hydrogens is 566 g/mol. The fourth-order valence-electron chi connectivity index (χ4n) is 4.15. The molecule has 3 aromatic carbocycles. The van der Waals surface area contributed by atoms with Crippen molar-refractivity contribution in [2.24, 2.45) is 5.10 Å². The van der Waals surface area contributed by atoms with Gasteiger partial charge >= 0.3 is 5.69 Å². The number of nitro benzene ring substituents is 1. The summed E-state index contributed by atoms with van der Waals surface area (Å²) in [6.45, 7) is 5.64. The number of para-hydroxylation sites is 1. The molecule has 0 saturated carbocycles. The van der Waals surface area contributed by atoms with Crippen molar-refractivity contribution in [3.63, 3.8) is 0 Å². The molecule has 11 heteroatoms. The number of hydrogen-bond acceptors (Lipinski definition) is 8. The number of nitriles is 1. The molecule has 198 valence electrons. The molecule has 0 spiro atoms. The second-order valence-corrected chi connectivity index (χ2v) is 9.79. The van der Waals surface area contributed by atoms with Gasteiger partial charge in [0.1, 0.15) is 11.8 Å². The summed E-state index contributed by atoms with van der Waals surface area (Å²) in [5.41, 5.74) is 2.59. The van der Waals surface area contributed by atoms with E-state index in [0.29, 0.717) is 27.9 Å². The van der Waals surface area contributed by atoms with Gasteiger partial charge in [0.05, 0.1) is 33.6 Å². The zero-order valence-corrected chi connectivity index (χ0v) is 23.2. The number of fused-ring (bicyclic) bond motifs is 1. The highest BCUT2D eigenvalue weighted by molar-refractivity contribution is 9.10. The number of rotatable bonds is 8. The van der Waals surface area contributed by atoms with E-state index in [9.17, 15) is 14.9 Å². The van der Waals surface area contributed by atoms with Gasteiger partial charge in [0.25, 0.3) is 5.56 Å². The molecule has 0 aliphatic carbocycles. The Morgan fingerprint density at radius 1 is 1.26 bits per heavy atom. The molecule has 1 aromatic heterocycles. The van der Waals surface area contributed by atoms with Crippen molar-refractivity contribution in [3.05, 3.63) is 90.2 Å². The first kappa shape index (κ1) is 27.5. The van der Waals surface area contributed by atoms with Crippen LogP contribution < -0.4 is 15.0 Å². The van der Waals surface area contributed by atoms with Gasteiger partial charge in [0.2, 0.25) is 5.75 Å². The van der Waals surface area contributed by atoms with E-state index < -0.39 is 10.5 Å². The molecule has 0 aliphatic heterocycles. The van der Waals surface area contributed by atoms with E-state index in [-0.39, 0.29) is 28.4 Å². The Kier molecular flexibility index (Phi) is 8.07. The molecule has 0 fully saturated rings. The van der Waals surface area contributed by atoms with E-state index >= 15 is 0 Å². The van der Waals surface area contributed by atoms with Crippen molar-refractivity contribution in [1.29, 1.82) is 5.26 Å². The van der Waals surface area contributed by atoms with Crippen LogP contribution in [0.2, 0.25) is 0 Å². The largest absolute Gasteiger partial charge is 0.496 e. The van der Waals surface area contributed by atoms with Gasteiger partial charge in [0, 0.05) is 17.2 Å². The smallest absolute Gasteiger partial charge is 0.312 e. The van der Waals surface area contributed by atoms with E-state index in [1.54, 1.807) is 43.5 Å². The molecule has 10 nitrogen and oxygen atoms in total. The molecule has 0 atom stereocenters. The number of benzene rings is 3. The van der Waals surface area contributed by atoms with E-state index in [1.165, 1.54) is 17.0 Å². The number of halogens is 1. The van der Waals surface area contributed by atoms with Gasteiger partial charge in [-0.1, -0.05) is 26.0 Å². The molecule has 0 amide bonds. The Hall–Kier alpha value is -4.56. The lowest BCUT2D eigenvalue weighted by Gasteiger charge is -2.17. The van der Waals surface area contributed by atoms with Crippen LogP contribution in [0.15, 0.2) is 62.9 Å². The first-order valence-corrected chi connectivity index (χ1v) is 12.7. The van der Waals surface area contributed by atoms with E-state index in [4.69, 9.17) is 19.7 Å². The van der Waals surface area contributed by atoms with Crippen LogP contribution >= 0.6 is 15.9 Å². The van der Waals surface area contributed by atoms with Crippen molar-refractivity contribution in [3.8, 4) is 29.0 Å². The van der Waals surface area contributed by atoms with Gasteiger partial charge in [-0.3, -0.25) is 14.9 Å². The van der Waals surface area contributed by atoms with Crippen LogP contribution in [0.3, 0.4) is 0 Å². The fraction of sp³-hybridized carbons (Fsp3) is 0.214. The van der Waals surface area contributed by atoms with Crippen LogP contribution in [0.5, 0.6) is 11.5 Å². The zero-order chi connectivity index (χ0) is 28.3. The SMILES string of the molecule is COc1cc(C)c(-c2nc3ccccc3c(=O)n2N=Cc2cc(Br)c(OCC#N)c([N+](=O)[O-])c2)cc1C(C)C. The molecule has 39 heavy (non-hydrogen) atoms. The van der Waals surface area contributed by atoms with E-state index in [2.05, 4.69) is 21.0 Å². The third-order valence-corrected chi connectivity index (χ3v) is 6.63. The summed E-state index contributed by atoms with van der Waals surface area (Å²) in [5.74, 6) is 1.13. The number of ether oxygens (including phenoxy) is 2. The lowest BCUT2D eigenvalue weighted by molar-refractivity contribution is -0.385. The number of nitrogens with zero attached hydrogens (tertiary/aromatic N) is 5. The van der Waals surface area contributed by atoms with E-state index in [1.807, 2.05) is 32.9 Å². The second kappa shape index (κ2) is 11.4. The molecule has 0 saturated heterocycles. The second-order valence-electron chi connectivity index (χ2n) is 8.93. The van der Waals surface area contributed by atoms with Gasteiger partial charge < -0.3 is 9.47 Å². The highest BCUT2D eigenvalue weighted by Crippen LogP contribution is 2.36. The Morgan fingerprint density at radius 2 is 2.00 bits per heavy atom. The molecule has 1 heterocycles. The van der Waals surface area contributed by atoms with Gasteiger partial charge in [-0.05, 0) is 70.2 Å². The first-order valence-electron chi connectivity index (χ1n) is 11.9. The van der Waals surface area contributed by atoms with Crippen LogP contribution in [0, 0.1) is 28.4 Å². The molecule has 0 radical (unpaired) electrons. The summed E-state index contributed by atoms with van der Waals surface area (Å²) in [6, 6.07) is 15.4. The minimum absolute atomic E-state index is 0.0704. The Labute approximate surface area is 232 Å². The predicted octanol–water partition coefficient (Wildman–Crippen LogP) is 5.96. The van der Waals surface area contributed by atoms with Gasteiger partial charge in [0.15, 0.2) is 12.4 Å². The number of methoxy groups -OCH3 is 1. The number of hydrogen-bond donors (Lipinski definition) is 0. The lowest BCUT2D eigenvalue weighted by Crippen LogP contribution is -2.20. The maximum absolute atomic E-state index is 13.6. The summed E-state index contributed by atoms with van der Waals surface area (Å²) >= 11 is 3.27. The Balaban J connectivity index is 1.94. The van der Waals surface area contributed by atoms with Crippen molar-refractivity contribution >= 4 is 38.7 Å². The van der Waals surface area contributed by atoms with Crippen LogP contribution in [0.1, 0.15) is 36.5 Å². The van der Waals surface area contributed by atoms with Crippen LogP contribution in [-0.2, 0) is 0 Å². The fourth-order valence-corrected chi connectivity index (χ4v) is 4.74. The molecule has 0 aliphatic rings. The van der Waals surface area contributed by atoms with Crippen LogP contribution in [0.4, 0.5) is 5.69 Å². The topological polar surface area (TPSA) is 133 Å². The summed E-state index contributed by atoms with van der Waals surface area (Å²) in [7, 11) is 1.61. The van der Waals surface area contributed by atoms with Crippen molar-refractivity contribution < 1.29 is 14.4 Å². The van der Waals surface area contributed by atoms with E-state index in [0.717, 1.165) is 16.9 Å². The zero-order valence-electron chi connectivity index (χ0n) is 21.6. The monoisotopic (exact) mass is 589 g/mol. The highest BCUT2D eigenvalue weighted by Gasteiger charge is 2.21. The van der Waals surface area contributed by atoms with Crippen molar-refractivity contribution in [2.45, 2.75) is 26.7 Å². The quantitative estimate of drug-likeness (QED) is 0.141. The first-order chi connectivity index (χ1) is 18.7. The van der Waals surface area contributed by atoms with Crippen molar-refractivity contribution in [1.82, 2.24) is 9.66 Å². The lowest BCUT2D eigenvalue weighted by atomic mass is 9.96. The average molecular weight is 590 g/mol. The minimum Gasteiger partial charge on any atom is -0.496 e. The maximum atomic E-state index is 13.6. The number of aromatic nitrogens is 2. The molecule has 0 bridgehead atoms. The summed E-state index contributed by atoms with van der Waals surface area (Å²) in [4.78, 5) is 29.5. The van der Waals surface area contributed by atoms with Gasteiger partial charge in [-0.2, -0.15) is 15.0 Å². The third-order valence-electron chi connectivity index (χ3n) is 6.04. The van der Waals surface area contributed by atoms with Gasteiger partial charge in [-0.15, -0.1) is 0 Å². The number of aryl methyl sites for hydroxylation is 1. The maximum Gasteiger partial charge on any atom is 0.312 e. The average Bonchev–Trinajstić information content (AvgIpc) is 2.91. The Bertz CT molecular complexity index is 1720. The van der Waals surface area contributed by atoms with Crippen LogP contribution in [0.25, 0.3) is 22.3 Å². The van der Waals surface area contributed by atoms with Crippen LogP contribution in [-0.4, -0.2) is 34.5 Å². The molecule has 4 aromatic rings. The minimum atomic E-state index is -0.613. The molecular formula is C28H24BrN5O5. The summed E-state index contributed by atoms with van der Waals surface area (Å²) in [5, 5.41) is 25.3.